The first-order valence-corrected chi connectivity index (χ1v) is 3.80. The van der Waals surface area contributed by atoms with Gasteiger partial charge in [0.2, 0.25) is 0 Å². The van der Waals surface area contributed by atoms with Crippen molar-refractivity contribution in [3.05, 3.63) is 0 Å². The Hall–Kier alpha value is 1.39. The molecule has 0 aromatic carbocycles. The van der Waals surface area contributed by atoms with Crippen molar-refractivity contribution in [3.8, 4) is 0 Å². The van der Waals surface area contributed by atoms with E-state index < -0.39 is 10.1 Å². The fourth-order valence-electron chi connectivity index (χ4n) is 0. The molecule has 0 aromatic rings. The van der Waals surface area contributed by atoms with Gasteiger partial charge in [0.15, 0.2) is 0 Å². The molecule has 0 aliphatic carbocycles. The van der Waals surface area contributed by atoms with Crippen LogP contribution in [0.3, 0.4) is 0 Å². The summed E-state index contributed by atoms with van der Waals surface area (Å²) in [6.07, 6.45) is 0. The van der Waals surface area contributed by atoms with E-state index in [0.29, 0.717) is 0 Å². The average molecular weight is 199 g/mol. The Morgan fingerprint density at radius 1 is 1.57 bits per heavy atom. The summed E-state index contributed by atoms with van der Waals surface area (Å²) in [4.78, 5) is 0. The van der Waals surface area contributed by atoms with Crippen LogP contribution in [0.2, 0.25) is 0 Å². The molecule has 3 nitrogen and oxygen atoms in total. The molecule has 0 aliphatic heterocycles. The van der Waals surface area contributed by atoms with Gasteiger partial charge in [0.05, 0.1) is 0 Å². The number of hydrogen-bond acceptors (Lipinski definition) is 2. The maximum absolute atomic E-state index is 9.51. The Morgan fingerprint density at radius 3 is 1.71 bits per heavy atom. The zero-order chi connectivity index (χ0) is 5.21. The number of hydrogen-bond donors (Lipinski definition) is 1. The predicted molar refractivity (Wildman–Crippen MR) is 32.5 cm³/mol. The van der Waals surface area contributed by atoms with Crippen molar-refractivity contribution < 1.29 is 13.0 Å². The first-order chi connectivity index (χ1) is 2.56. The van der Waals surface area contributed by atoms with Crippen LogP contribution in [0.25, 0.3) is 0 Å². The normalized spacial score (nSPS) is 10.0. The molecular weight excluding hydrogens is 195 g/mol. The molecule has 0 fully saturated rings. The van der Waals surface area contributed by atoms with E-state index in [2.05, 4.69) is 15.9 Å². The zero-order valence-corrected chi connectivity index (χ0v) is 5.16. The summed E-state index contributed by atoms with van der Waals surface area (Å²) >= 11 is 2.53. The van der Waals surface area contributed by atoms with E-state index in [1.165, 1.54) is 0 Å². The second-order valence-corrected chi connectivity index (χ2v) is 3.45. The van der Waals surface area contributed by atoms with Gasteiger partial charge in [-0.2, -0.15) is 8.42 Å². The van der Waals surface area contributed by atoms with Crippen LogP contribution in [0, 0.1) is 0 Å². The van der Waals surface area contributed by atoms with Crippen LogP contribution in [-0.2, 0) is 10.1 Å². The first-order valence-electron chi connectivity index (χ1n) is 1.07. The van der Waals surface area contributed by atoms with Crippen molar-refractivity contribution in [1.29, 1.82) is 0 Å². The van der Waals surface area contributed by atoms with E-state index in [1.54, 1.807) is 0 Å². The average Bonchev–Trinajstić information content (AvgIpc) is 1.35. The van der Waals surface area contributed by atoms with Crippen LogP contribution in [0.5, 0.6) is 0 Å². The van der Waals surface area contributed by atoms with E-state index in [9.17, 15) is 8.42 Å². The van der Waals surface area contributed by atoms with E-state index in [-0.39, 0.29) is 34.2 Å². The Labute approximate surface area is 72.6 Å². The minimum atomic E-state index is -3.75. The summed E-state index contributed by atoms with van der Waals surface area (Å²) in [6, 6.07) is 0. The fraction of sp³-hybridized carbons (Fsp3) is 1.00. The molecular formula is CH4BrNaO3S. The van der Waals surface area contributed by atoms with Crippen LogP contribution in [0.15, 0.2) is 0 Å². The number of rotatable bonds is 1. The SMILES string of the molecule is O=S(=O)(O)CBr.[NaH]. The Balaban J connectivity index is 0. The summed E-state index contributed by atoms with van der Waals surface area (Å²) in [6.45, 7) is 0. The molecule has 0 spiro atoms. The van der Waals surface area contributed by atoms with Gasteiger partial charge in [-0.3, -0.25) is 4.55 Å². The van der Waals surface area contributed by atoms with Crippen molar-refractivity contribution in [2.45, 2.75) is 0 Å². The summed E-state index contributed by atoms with van der Waals surface area (Å²) in [5, 5.41) is 0. The Morgan fingerprint density at radius 2 is 1.71 bits per heavy atom. The van der Waals surface area contributed by atoms with Crippen LogP contribution >= 0.6 is 15.9 Å². The molecule has 7 heavy (non-hydrogen) atoms. The fourth-order valence-corrected chi connectivity index (χ4v) is 0. The van der Waals surface area contributed by atoms with Crippen molar-refractivity contribution in [2.24, 2.45) is 0 Å². The molecule has 0 radical (unpaired) electrons. The first kappa shape index (κ1) is 11.2. The summed E-state index contributed by atoms with van der Waals surface area (Å²) in [5.74, 6) is 0. The third-order valence-electron chi connectivity index (χ3n) is 0.138. The summed E-state index contributed by atoms with van der Waals surface area (Å²) in [5.41, 5.74) is 0. The molecule has 40 valence electrons. The van der Waals surface area contributed by atoms with Crippen molar-refractivity contribution >= 4 is 55.6 Å². The molecule has 0 rings (SSSR count). The molecule has 0 unspecified atom stereocenters. The van der Waals surface area contributed by atoms with E-state index >= 15 is 0 Å². The van der Waals surface area contributed by atoms with Crippen LogP contribution in [-0.4, -0.2) is 47.2 Å². The van der Waals surface area contributed by atoms with Gasteiger partial charge in [-0.1, -0.05) is 15.9 Å². The number of alkyl halides is 1. The van der Waals surface area contributed by atoms with Gasteiger partial charge in [-0.05, 0) is 0 Å². The summed E-state index contributed by atoms with van der Waals surface area (Å²) in [7, 11) is -3.75. The van der Waals surface area contributed by atoms with Crippen LogP contribution in [0.4, 0.5) is 0 Å². The second kappa shape index (κ2) is 4.29. The summed E-state index contributed by atoms with van der Waals surface area (Å²) < 4.78 is 26.4. The zero-order valence-electron chi connectivity index (χ0n) is 2.76. The topological polar surface area (TPSA) is 54.4 Å². The quantitative estimate of drug-likeness (QED) is 0.354. The van der Waals surface area contributed by atoms with Gasteiger partial charge < -0.3 is 0 Å². The molecule has 0 heterocycles. The molecule has 0 atom stereocenters. The van der Waals surface area contributed by atoms with E-state index in [0.717, 1.165) is 0 Å². The van der Waals surface area contributed by atoms with Gasteiger partial charge in [0, 0.05) is 0 Å². The van der Waals surface area contributed by atoms with Crippen molar-refractivity contribution in [3.63, 3.8) is 0 Å². The van der Waals surface area contributed by atoms with Gasteiger partial charge >= 0.3 is 29.6 Å². The second-order valence-electron chi connectivity index (χ2n) is 0.691. The van der Waals surface area contributed by atoms with Crippen molar-refractivity contribution in [1.82, 2.24) is 0 Å². The van der Waals surface area contributed by atoms with Crippen molar-refractivity contribution in [2.75, 3.05) is 4.66 Å². The van der Waals surface area contributed by atoms with Gasteiger partial charge in [-0.25, -0.2) is 0 Å². The third-order valence-corrected chi connectivity index (χ3v) is 2.15. The standard InChI is InChI=1S/CH3BrO3S.Na.H/c2-1-6(3,4)5;;/h1H2,(H,3,4,5);;. The predicted octanol–water partition coefficient (Wildman–Crippen LogP) is -0.422. The molecule has 0 amide bonds. The van der Waals surface area contributed by atoms with E-state index in [1.807, 2.05) is 0 Å². The van der Waals surface area contributed by atoms with Crippen LogP contribution in [0.1, 0.15) is 0 Å². The van der Waals surface area contributed by atoms with Gasteiger partial charge in [0.1, 0.15) is 4.66 Å². The molecule has 0 aliphatic rings. The number of halogens is 1. The van der Waals surface area contributed by atoms with Gasteiger partial charge in [-0.15, -0.1) is 0 Å². The Kier molecular flexibility index (Phi) is 6.87. The van der Waals surface area contributed by atoms with Crippen LogP contribution < -0.4 is 0 Å². The minimum absolute atomic E-state index is 0. The Bertz CT molecular complexity index is 117. The monoisotopic (exact) mass is 198 g/mol. The molecule has 0 saturated heterocycles. The third kappa shape index (κ3) is 11.1. The van der Waals surface area contributed by atoms with Gasteiger partial charge in [0.25, 0.3) is 10.1 Å². The van der Waals surface area contributed by atoms with E-state index in [4.69, 9.17) is 4.55 Å². The maximum atomic E-state index is 9.51. The molecule has 0 bridgehead atoms. The molecule has 1 N–H and O–H groups in total. The molecule has 0 saturated carbocycles. The molecule has 0 aromatic heterocycles. The molecule has 6 heteroatoms.